The van der Waals surface area contributed by atoms with Gasteiger partial charge in [0.25, 0.3) is 17.1 Å². The Kier molecular flexibility index (Phi) is 8.15. The van der Waals surface area contributed by atoms with E-state index in [-0.39, 0.29) is 29.0 Å². The Labute approximate surface area is 222 Å². The summed E-state index contributed by atoms with van der Waals surface area (Å²) in [6.07, 6.45) is 1.56. The molecule has 0 atom stereocenters. The van der Waals surface area contributed by atoms with Gasteiger partial charge in [0.15, 0.2) is 18.1 Å². The van der Waals surface area contributed by atoms with E-state index in [0.717, 1.165) is 28.3 Å². The number of nitrogens with zero attached hydrogens (tertiary/aromatic N) is 1. The first-order chi connectivity index (χ1) is 17.7. The van der Waals surface area contributed by atoms with Crippen molar-refractivity contribution in [2.75, 3.05) is 19.0 Å². The van der Waals surface area contributed by atoms with Gasteiger partial charge in [-0.25, -0.2) is 4.39 Å². The van der Waals surface area contributed by atoms with Crippen LogP contribution in [0, 0.1) is 12.7 Å². The van der Waals surface area contributed by atoms with E-state index >= 15 is 0 Å². The number of carbonyl (C=O) groups is 3. The number of nitrogens with one attached hydrogen (secondary N) is 1. The number of hydrogen-bond donors (Lipinski definition) is 1. The van der Waals surface area contributed by atoms with Crippen LogP contribution in [0.2, 0.25) is 5.02 Å². The van der Waals surface area contributed by atoms with Crippen LogP contribution in [0.5, 0.6) is 11.5 Å². The lowest BCUT2D eigenvalue weighted by Gasteiger charge is -2.13. The van der Waals surface area contributed by atoms with Crippen molar-refractivity contribution in [3.05, 3.63) is 93.1 Å². The molecule has 190 valence electrons. The van der Waals surface area contributed by atoms with Crippen LogP contribution in [0.25, 0.3) is 6.08 Å². The smallest absolute Gasteiger partial charge is 0.293 e. The van der Waals surface area contributed by atoms with E-state index in [0.29, 0.717) is 28.3 Å². The molecule has 37 heavy (non-hydrogen) atoms. The second kappa shape index (κ2) is 11.5. The van der Waals surface area contributed by atoms with Crippen molar-refractivity contribution < 1.29 is 28.2 Å². The largest absolute Gasteiger partial charge is 0.493 e. The van der Waals surface area contributed by atoms with Crippen molar-refractivity contribution in [1.82, 2.24) is 4.90 Å². The first-order valence-electron chi connectivity index (χ1n) is 11.1. The first-order valence-corrected chi connectivity index (χ1v) is 12.3. The number of carbonyl (C=O) groups excluding carboxylic acids is 3. The summed E-state index contributed by atoms with van der Waals surface area (Å²) in [5, 5.41) is 2.43. The van der Waals surface area contributed by atoms with E-state index < -0.39 is 17.0 Å². The molecule has 7 nitrogen and oxygen atoms in total. The number of rotatable bonds is 8. The molecule has 1 aliphatic rings. The normalized spacial score (nSPS) is 14.3. The van der Waals surface area contributed by atoms with E-state index in [9.17, 15) is 18.8 Å². The average molecular weight is 541 g/mol. The van der Waals surface area contributed by atoms with Crippen LogP contribution in [0.3, 0.4) is 0 Å². The summed E-state index contributed by atoms with van der Waals surface area (Å²) in [7, 11) is 1.46. The van der Waals surface area contributed by atoms with E-state index in [1.807, 2.05) is 19.1 Å². The minimum absolute atomic E-state index is 0.0676. The van der Waals surface area contributed by atoms with Crippen molar-refractivity contribution in [2.24, 2.45) is 0 Å². The Morgan fingerprint density at radius 1 is 1.08 bits per heavy atom. The van der Waals surface area contributed by atoms with Gasteiger partial charge in [-0.15, -0.1) is 0 Å². The van der Waals surface area contributed by atoms with Crippen molar-refractivity contribution in [1.29, 1.82) is 0 Å². The number of hydrogen-bond acceptors (Lipinski definition) is 6. The topological polar surface area (TPSA) is 84.9 Å². The highest BCUT2D eigenvalue weighted by Gasteiger charge is 2.35. The molecule has 1 aliphatic heterocycles. The molecule has 0 radical (unpaired) electrons. The highest BCUT2D eigenvalue weighted by atomic mass is 35.5. The number of aryl methyl sites for hydroxylation is 1. The zero-order chi connectivity index (χ0) is 26.5. The average Bonchev–Trinajstić information content (AvgIpc) is 3.13. The number of amides is 3. The molecule has 1 N–H and O–H groups in total. The molecule has 1 fully saturated rings. The zero-order valence-corrected chi connectivity index (χ0v) is 21.5. The minimum atomic E-state index is -0.504. The number of methoxy groups -OCH3 is 1. The molecule has 3 amide bonds. The van der Waals surface area contributed by atoms with Gasteiger partial charge >= 0.3 is 0 Å². The molecule has 0 spiro atoms. The summed E-state index contributed by atoms with van der Waals surface area (Å²) >= 11 is 6.84. The standard InChI is InChI=1S/C27H22ClFN2O5S/c1-16-3-8-20(9-4-16)30-25(32)15-36-22-10-5-17(11-23(22)35-2)12-24-26(33)31(27(34)37-24)14-18-6-7-19(29)13-21(18)28/h3-13H,14-15H2,1-2H3,(H,30,32)/b24-12-. The summed E-state index contributed by atoms with van der Waals surface area (Å²) in [5.74, 6) is -0.615. The Morgan fingerprint density at radius 2 is 1.84 bits per heavy atom. The molecule has 10 heteroatoms. The summed E-state index contributed by atoms with van der Waals surface area (Å²) < 4.78 is 24.3. The lowest BCUT2D eigenvalue weighted by Crippen LogP contribution is -2.27. The molecule has 3 aromatic carbocycles. The van der Waals surface area contributed by atoms with Crippen molar-refractivity contribution >= 4 is 52.2 Å². The third-order valence-electron chi connectivity index (χ3n) is 5.40. The van der Waals surface area contributed by atoms with Gasteiger partial charge in [-0.05, 0) is 72.3 Å². The van der Waals surface area contributed by atoms with E-state index in [1.54, 1.807) is 36.4 Å². The second-order valence-electron chi connectivity index (χ2n) is 8.12. The minimum Gasteiger partial charge on any atom is -0.493 e. The van der Waals surface area contributed by atoms with Gasteiger partial charge in [0.2, 0.25) is 0 Å². The monoisotopic (exact) mass is 540 g/mol. The van der Waals surface area contributed by atoms with Crippen LogP contribution >= 0.6 is 23.4 Å². The van der Waals surface area contributed by atoms with E-state index in [1.165, 1.54) is 19.2 Å². The Balaban J connectivity index is 1.42. The zero-order valence-electron chi connectivity index (χ0n) is 19.9. The molecule has 0 unspecified atom stereocenters. The lowest BCUT2D eigenvalue weighted by atomic mass is 10.1. The Morgan fingerprint density at radius 3 is 2.54 bits per heavy atom. The second-order valence-corrected chi connectivity index (χ2v) is 9.52. The van der Waals surface area contributed by atoms with E-state index in [4.69, 9.17) is 21.1 Å². The summed E-state index contributed by atoms with van der Waals surface area (Å²) in [4.78, 5) is 38.9. The summed E-state index contributed by atoms with van der Waals surface area (Å²) in [5.41, 5.74) is 2.80. The number of ether oxygens (including phenoxy) is 2. The number of thioether (sulfide) groups is 1. The first kappa shape index (κ1) is 26.2. The fraction of sp³-hybridized carbons (Fsp3) is 0.148. The molecule has 0 aliphatic carbocycles. The lowest BCUT2D eigenvalue weighted by molar-refractivity contribution is -0.123. The fourth-order valence-corrected chi connectivity index (χ4v) is 4.54. The van der Waals surface area contributed by atoms with Crippen molar-refractivity contribution in [3.8, 4) is 11.5 Å². The molecule has 4 rings (SSSR count). The van der Waals surface area contributed by atoms with Gasteiger partial charge in [0, 0.05) is 10.7 Å². The van der Waals surface area contributed by atoms with Gasteiger partial charge in [0.05, 0.1) is 18.6 Å². The molecule has 1 heterocycles. The number of imide groups is 1. The van der Waals surface area contributed by atoms with Crippen LogP contribution < -0.4 is 14.8 Å². The van der Waals surface area contributed by atoms with Crippen LogP contribution in [0.15, 0.2) is 65.6 Å². The molecular formula is C27H22ClFN2O5S. The molecular weight excluding hydrogens is 519 g/mol. The van der Waals surface area contributed by atoms with Gasteiger partial charge in [-0.2, -0.15) is 0 Å². The predicted molar refractivity (Wildman–Crippen MR) is 141 cm³/mol. The van der Waals surface area contributed by atoms with Crippen LogP contribution in [-0.2, 0) is 16.1 Å². The molecule has 0 aromatic heterocycles. The number of anilines is 1. The van der Waals surface area contributed by atoms with Crippen molar-refractivity contribution in [2.45, 2.75) is 13.5 Å². The maximum absolute atomic E-state index is 13.3. The van der Waals surface area contributed by atoms with Gasteiger partial charge in [-0.3, -0.25) is 19.3 Å². The van der Waals surface area contributed by atoms with Gasteiger partial charge in [-0.1, -0.05) is 41.4 Å². The van der Waals surface area contributed by atoms with Gasteiger partial charge in [0.1, 0.15) is 5.82 Å². The SMILES string of the molecule is COc1cc(/C=C2\SC(=O)N(Cc3ccc(F)cc3Cl)C2=O)ccc1OCC(=O)Nc1ccc(C)cc1. The third kappa shape index (κ3) is 6.49. The molecule has 0 bridgehead atoms. The third-order valence-corrected chi connectivity index (χ3v) is 6.66. The van der Waals surface area contributed by atoms with Crippen LogP contribution in [-0.4, -0.2) is 35.7 Å². The van der Waals surface area contributed by atoms with Crippen LogP contribution in [0.4, 0.5) is 14.9 Å². The molecule has 3 aromatic rings. The number of halogens is 2. The molecule has 0 saturated carbocycles. The maximum Gasteiger partial charge on any atom is 0.293 e. The number of benzene rings is 3. The van der Waals surface area contributed by atoms with Gasteiger partial charge < -0.3 is 14.8 Å². The summed E-state index contributed by atoms with van der Waals surface area (Å²) in [6.45, 7) is 1.66. The molecule has 1 saturated heterocycles. The highest BCUT2D eigenvalue weighted by molar-refractivity contribution is 8.18. The Bertz CT molecular complexity index is 1390. The Hall–Kier alpha value is -3.82. The predicted octanol–water partition coefficient (Wildman–Crippen LogP) is 6.05. The fourth-order valence-electron chi connectivity index (χ4n) is 3.48. The maximum atomic E-state index is 13.3. The quantitative estimate of drug-likeness (QED) is 0.350. The highest BCUT2D eigenvalue weighted by Crippen LogP contribution is 2.36. The summed E-state index contributed by atoms with van der Waals surface area (Å²) in [6, 6.07) is 16.1. The van der Waals surface area contributed by atoms with E-state index in [2.05, 4.69) is 5.32 Å². The van der Waals surface area contributed by atoms with Crippen LogP contribution in [0.1, 0.15) is 16.7 Å². The van der Waals surface area contributed by atoms with Crippen molar-refractivity contribution in [3.63, 3.8) is 0 Å².